The number of carbonyl (C=O) groups is 4. The van der Waals surface area contributed by atoms with E-state index in [0.717, 1.165) is 0 Å². The van der Waals surface area contributed by atoms with Gasteiger partial charge in [0.05, 0.1) is 12.6 Å². The zero-order chi connectivity index (χ0) is 24.7. The number of aliphatic hydroxyl groups excluding tert-OH is 1. The molecule has 0 saturated heterocycles. The summed E-state index contributed by atoms with van der Waals surface area (Å²) in [5, 5.41) is 25.3. The van der Waals surface area contributed by atoms with Crippen molar-refractivity contribution in [1.82, 2.24) is 16.0 Å². The van der Waals surface area contributed by atoms with Gasteiger partial charge >= 0.3 is 5.97 Å². The molecule has 0 radical (unpaired) electrons. The van der Waals surface area contributed by atoms with E-state index in [0.29, 0.717) is 32.2 Å². The van der Waals surface area contributed by atoms with Crippen LogP contribution in [0.3, 0.4) is 0 Å². The maximum atomic E-state index is 12.7. The van der Waals surface area contributed by atoms with Crippen molar-refractivity contribution in [2.45, 2.75) is 63.2 Å². The van der Waals surface area contributed by atoms with Crippen LogP contribution in [0.4, 0.5) is 0 Å². The van der Waals surface area contributed by atoms with E-state index in [1.807, 2.05) is 0 Å². The predicted octanol–water partition coefficient (Wildman–Crippen LogP) is -3.95. The Morgan fingerprint density at radius 1 is 0.906 bits per heavy atom. The lowest BCUT2D eigenvalue weighted by atomic mass is 10.1. The number of carboxylic acid groups (broad SMARTS) is 1. The largest absolute Gasteiger partial charge is 0.480 e. The first-order chi connectivity index (χ1) is 15.0. The first-order valence-corrected chi connectivity index (χ1v) is 10.3. The van der Waals surface area contributed by atoms with Gasteiger partial charge in [-0.25, -0.2) is 0 Å². The Morgan fingerprint density at radius 2 is 1.50 bits per heavy atom. The van der Waals surface area contributed by atoms with Crippen molar-refractivity contribution in [3.05, 3.63) is 0 Å². The van der Waals surface area contributed by atoms with Gasteiger partial charge in [0.25, 0.3) is 0 Å². The van der Waals surface area contributed by atoms with Crippen LogP contribution in [0.5, 0.6) is 0 Å². The highest BCUT2D eigenvalue weighted by Gasteiger charge is 2.28. The molecule has 0 aromatic carbocycles. The van der Waals surface area contributed by atoms with E-state index in [-0.39, 0.29) is 18.9 Å². The summed E-state index contributed by atoms with van der Waals surface area (Å²) in [5.41, 5.74) is 21.8. The van der Waals surface area contributed by atoms with Crippen molar-refractivity contribution in [3.8, 4) is 0 Å². The number of rotatable bonds is 16. The minimum atomic E-state index is -1.42. The predicted molar refractivity (Wildman–Crippen MR) is 117 cm³/mol. The summed E-state index contributed by atoms with van der Waals surface area (Å²) >= 11 is 0. The van der Waals surface area contributed by atoms with E-state index < -0.39 is 54.5 Å². The maximum absolute atomic E-state index is 12.7. The molecule has 0 aliphatic heterocycles. The van der Waals surface area contributed by atoms with Crippen molar-refractivity contribution in [2.75, 3.05) is 19.7 Å². The van der Waals surface area contributed by atoms with Crippen molar-refractivity contribution in [1.29, 1.82) is 0 Å². The molecule has 0 bridgehead atoms. The maximum Gasteiger partial charge on any atom is 0.325 e. The van der Waals surface area contributed by atoms with Crippen molar-refractivity contribution >= 4 is 29.7 Å². The number of carbonyl (C=O) groups excluding carboxylic acids is 3. The number of amides is 3. The lowest BCUT2D eigenvalue weighted by molar-refractivity contribution is -0.142. The fraction of sp³-hybridized carbons (Fsp3) is 0.722. The number of guanidine groups is 1. The van der Waals surface area contributed by atoms with Crippen LogP contribution in [-0.4, -0.2) is 83.7 Å². The molecule has 184 valence electrons. The average Bonchev–Trinajstić information content (AvgIpc) is 2.73. The summed E-state index contributed by atoms with van der Waals surface area (Å²) in [6.45, 7) is 1.12. The van der Waals surface area contributed by atoms with Crippen LogP contribution in [0, 0.1) is 0 Å². The molecule has 13 N–H and O–H groups in total. The van der Waals surface area contributed by atoms with Gasteiger partial charge in [-0.05, 0) is 39.2 Å². The van der Waals surface area contributed by atoms with Gasteiger partial charge in [-0.15, -0.1) is 0 Å². The summed E-state index contributed by atoms with van der Waals surface area (Å²) in [4.78, 5) is 51.9. The first-order valence-electron chi connectivity index (χ1n) is 10.3. The molecule has 0 aromatic rings. The molecular weight excluding hydrogens is 424 g/mol. The molecule has 0 fully saturated rings. The average molecular weight is 461 g/mol. The number of nitrogens with two attached hydrogens (primary N) is 4. The van der Waals surface area contributed by atoms with Gasteiger partial charge in [-0.3, -0.25) is 24.2 Å². The van der Waals surface area contributed by atoms with Gasteiger partial charge < -0.3 is 49.1 Å². The summed E-state index contributed by atoms with van der Waals surface area (Å²) in [6.07, 6.45) is 2.16. The van der Waals surface area contributed by atoms with Crippen LogP contribution < -0.4 is 38.9 Å². The second-order valence-electron chi connectivity index (χ2n) is 7.21. The lowest BCUT2D eigenvalue weighted by Crippen LogP contribution is -2.57. The zero-order valence-corrected chi connectivity index (χ0v) is 18.3. The van der Waals surface area contributed by atoms with E-state index >= 15 is 0 Å². The van der Waals surface area contributed by atoms with Gasteiger partial charge in [0.2, 0.25) is 17.7 Å². The molecule has 4 atom stereocenters. The van der Waals surface area contributed by atoms with Gasteiger partial charge in [-0.2, -0.15) is 0 Å². The second-order valence-corrected chi connectivity index (χ2v) is 7.21. The van der Waals surface area contributed by atoms with Crippen molar-refractivity contribution in [2.24, 2.45) is 27.9 Å². The Hall–Kier alpha value is -2.97. The molecule has 3 amide bonds. The molecule has 0 aromatic heterocycles. The molecular formula is C18H36N8O6. The third kappa shape index (κ3) is 12.0. The molecule has 32 heavy (non-hydrogen) atoms. The lowest BCUT2D eigenvalue weighted by Gasteiger charge is -2.23. The van der Waals surface area contributed by atoms with Gasteiger partial charge in [0, 0.05) is 6.54 Å². The van der Waals surface area contributed by atoms with E-state index in [2.05, 4.69) is 20.9 Å². The van der Waals surface area contributed by atoms with E-state index in [9.17, 15) is 24.3 Å². The molecule has 14 nitrogen and oxygen atoms in total. The number of unbranched alkanes of at least 4 members (excludes halogenated alkanes) is 1. The van der Waals surface area contributed by atoms with Gasteiger partial charge in [0.1, 0.15) is 18.1 Å². The minimum Gasteiger partial charge on any atom is -0.480 e. The smallest absolute Gasteiger partial charge is 0.325 e. The Morgan fingerprint density at radius 3 is 2.03 bits per heavy atom. The topological polar surface area (TPSA) is 261 Å². The summed E-state index contributed by atoms with van der Waals surface area (Å²) in [7, 11) is 0. The number of aliphatic imine (C=N–C) groups is 1. The number of nitrogens with zero attached hydrogens (tertiary/aromatic N) is 1. The first kappa shape index (κ1) is 29.0. The third-order valence-electron chi connectivity index (χ3n) is 4.43. The monoisotopic (exact) mass is 460 g/mol. The molecule has 0 heterocycles. The number of carboxylic acids is 1. The zero-order valence-electron chi connectivity index (χ0n) is 18.3. The quantitative estimate of drug-likeness (QED) is 0.0612. The number of nitrogens with one attached hydrogen (secondary N) is 3. The van der Waals surface area contributed by atoms with Crippen molar-refractivity contribution in [3.63, 3.8) is 0 Å². The molecule has 0 aliphatic rings. The van der Waals surface area contributed by atoms with Crippen LogP contribution in [0.1, 0.15) is 39.0 Å². The molecule has 4 unspecified atom stereocenters. The number of hydrogen-bond acceptors (Lipinski definition) is 8. The molecule has 14 heteroatoms. The Kier molecular flexibility index (Phi) is 14.3. The Bertz CT molecular complexity index is 655. The molecule has 0 spiro atoms. The molecule has 0 saturated carbocycles. The van der Waals surface area contributed by atoms with E-state index in [1.165, 1.54) is 6.92 Å². The fourth-order valence-corrected chi connectivity index (χ4v) is 2.53. The summed E-state index contributed by atoms with van der Waals surface area (Å²) < 4.78 is 0. The normalized spacial score (nSPS) is 14.4. The van der Waals surface area contributed by atoms with Crippen LogP contribution in [-0.2, 0) is 19.2 Å². The van der Waals surface area contributed by atoms with E-state index in [4.69, 9.17) is 28.0 Å². The Balaban J connectivity index is 5.16. The van der Waals surface area contributed by atoms with Crippen LogP contribution in [0.2, 0.25) is 0 Å². The summed E-state index contributed by atoms with van der Waals surface area (Å²) in [6, 6.07) is -4.59. The number of aliphatic hydroxyl groups is 1. The van der Waals surface area contributed by atoms with E-state index in [1.54, 1.807) is 0 Å². The van der Waals surface area contributed by atoms with Crippen LogP contribution in [0.25, 0.3) is 0 Å². The molecule has 0 aliphatic carbocycles. The highest BCUT2D eigenvalue weighted by Crippen LogP contribution is 2.03. The van der Waals surface area contributed by atoms with Gasteiger partial charge in [-0.1, -0.05) is 6.42 Å². The van der Waals surface area contributed by atoms with Crippen LogP contribution >= 0.6 is 0 Å². The standard InChI is InChI=1S/C18H36N8O6/c1-10(17(31)32)24-16(30)13(9-27)26-15(29)12(6-4-8-23-18(21)22)25-14(28)11(20)5-2-3-7-19/h10-13,27H,2-9,19-20H2,1H3,(H,24,30)(H,25,28)(H,26,29)(H,31,32)(H4,21,22,23). The number of hydrogen-bond donors (Lipinski definition) is 9. The van der Waals surface area contributed by atoms with Gasteiger partial charge in [0.15, 0.2) is 5.96 Å². The molecule has 0 rings (SSSR count). The minimum absolute atomic E-state index is 0.120. The van der Waals surface area contributed by atoms with Crippen LogP contribution in [0.15, 0.2) is 4.99 Å². The highest BCUT2D eigenvalue weighted by atomic mass is 16.4. The Labute approximate surface area is 186 Å². The second kappa shape index (κ2) is 15.8. The number of aliphatic carboxylic acids is 1. The third-order valence-corrected chi connectivity index (χ3v) is 4.43. The fourth-order valence-electron chi connectivity index (χ4n) is 2.53. The van der Waals surface area contributed by atoms with Crippen molar-refractivity contribution < 1.29 is 29.4 Å². The summed E-state index contributed by atoms with van der Waals surface area (Å²) in [5.74, 6) is -3.61. The SMILES string of the molecule is CC(NC(=O)C(CO)NC(=O)C(CCCN=C(N)N)NC(=O)C(N)CCCCN)C(=O)O. The highest BCUT2D eigenvalue weighted by molar-refractivity contribution is 5.94.